The highest BCUT2D eigenvalue weighted by molar-refractivity contribution is 6.32. The van der Waals surface area contributed by atoms with Crippen molar-refractivity contribution in [3.05, 3.63) is 41.4 Å². The molecule has 1 aromatic rings. The van der Waals surface area contributed by atoms with Gasteiger partial charge in [0, 0.05) is 12.6 Å². The number of benzene rings is 1. The highest BCUT2D eigenvalue weighted by Gasteiger charge is 2.18. The first kappa shape index (κ1) is 16.9. The molecule has 1 N–H and O–H groups in total. The average molecular weight is 338 g/mol. The summed E-state index contributed by atoms with van der Waals surface area (Å²) in [6, 6.07) is 3.33. The Morgan fingerprint density at radius 3 is 3.00 bits per heavy atom. The third kappa shape index (κ3) is 4.50. The molecule has 1 aliphatic rings. The van der Waals surface area contributed by atoms with Gasteiger partial charge < -0.3 is 19.5 Å². The van der Waals surface area contributed by atoms with E-state index in [4.69, 9.17) is 25.8 Å². The van der Waals surface area contributed by atoms with Crippen molar-refractivity contribution in [2.75, 3.05) is 13.3 Å². The number of amides is 1. The standard InChI is InChI=1S/C16H16ClNO5/c1-3-6-18-16(20)10(2)23-14(19)5-4-11-7-12(17)15-13(8-11)21-9-22-15/h3-5,7-8,10H,1,6,9H2,2H3,(H,18,20)/b5-4+/t10-/m1/s1. The Morgan fingerprint density at radius 1 is 1.48 bits per heavy atom. The summed E-state index contributed by atoms with van der Waals surface area (Å²) in [5, 5.41) is 2.93. The first-order chi connectivity index (χ1) is 11.0. The van der Waals surface area contributed by atoms with Crippen molar-refractivity contribution in [1.82, 2.24) is 5.32 Å². The first-order valence-corrected chi connectivity index (χ1v) is 7.25. The predicted molar refractivity (Wildman–Crippen MR) is 85.4 cm³/mol. The van der Waals surface area contributed by atoms with Gasteiger partial charge in [0.1, 0.15) is 0 Å². The second-order valence-corrected chi connectivity index (χ2v) is 5.09. The maximum atomic E-state index is 11.7. The average Bonchev–Trinajstić information content (AvgIpc) is 2.99. The Balaban J connectivity index is 1.95. The second kappa shape index (κ2) is 7.69. The van der Waals surface area contributed by atoms with Gasteiger partial charge in [-0.25, -0.2) is 4.79 Å². The molecule has 0 fully saturated rings. The summed E-state index contributed by atoms with van der Waals surface area (Å²) >= 11 is 6.05. The molecule has 0 aromatic heterocycles. The lowest BCUT2D eigenvalue weighted by atomic mass is 10.2. The molecule has 1 atom stereocenters. The lowest BCUT2D eigenvalue weighted by Gasteiger charge is -2.11. The molecule has 0 aliphatic carbocycles. The molecule has 6 nitrogen and oxygen atoms in total. The van der Waals surface area contributed by atoms with E-state index in [0.29, 0.717) is 28.6 Å². The molecule has 0 radical (unpaired) electrons. The Labute approximate surface area is 138 Å². The van der Waals surface area contributed by atoms with Gasteiger partial charge in [0.15, 0.2) is 17.6 Å². The fourth-order valence-electron chi connectivity index (χ4n) is 1.83. The topological polar surface area (TPSA) is 73.9 Å². The predicted octanol–water partition coefficient (Wildman–Crippen LogP) is 2.32. The molecule has 1 aromatic carbocycles. The van der Waals surface area contributed by atoms with Gasteiger partial charge in [-0.05, 0) is 30.7 Å². The number of esters is 1. The van der Waals surface area contributed by atoms with Crippen molar-refractivity contribution in [3.63, 3.8) is 0 Å². The summed E-state index contributed by atoms with van der Waals surface area (Å²) in [5.74, 6) is -0.0283. The normalized spacial score (nSPS) is 13.7. The third-order valence-electron chi connectivity index (χ3n) is 2.94. The summed E-state index contributed by atoms with van der Waals surface area (Å²) in [7, 11) is 0. The minimum absolute atomic E-state index is 0.113. The summed E-state index contributed by atoms with van der Waals surface area (Å²) in [6.07, 6.45) is 3.37. The van der Waals surface area contributed by atoms with Crippen LogP contribution >= 0.6 is 11.6 Å². The minimum Gasteiger partial charge on any atom is -0.454 e. The van der Waals surface area contributed by atoms with Crippen LogP contribution in [-0.2, 0) is 14.3 Å². The number of rotatable bonds is 6. The lowest BCUT2D eigenvalue weighted by Crippen LogP contribution is -2.35. The van der Waals surface area contributed by atoms with Gasteiger partial charge in [-0.15, -0.1) is 6.58 Å². The molecule has 122 valence electrons. The number of carbonyl (C=O) groups excluding carboxylic acids is 2. The first-order valence-electron chi connectivity index (χ1n) is 6.87. The number of hydrogen-bond acceptors (Lipinski definition) is 5. The largest absolute Gasteiger partial charge is 0.454 e. The molecule has 1 heterocycles. The van der Waals surface area contributed by atoms with E-state index in [-0.39, 0.29) is 6.79 Å². The van der Waals surface area contributed by atoms with Crippen LogP contribution in [0.25, 0.3) is 6.08 Å². The van der Waals surface area contributed by atoms with Crippen LogP contribution in [0.4, 0.5) is 0 Å². The number of halogens is 1. The number of nitrogens with one attached hydrogen (secondary N) is 1. The molecule has 2 rings (SSSR count). The number of carbonyl (C=O) groups is 2. The zero-order chi connectivity index (χ0) is 16.8. The number of hydrogen-bond donors (Lipinski definition) is 1. The van der Waals surface area contributed by atoms with Crippen LogP contribution in [0.2, 0.25) is 5.02 Å². The molecule has 0 saturated carbocycles. The fraction of sp³-hybridized carbons (Fsp3) is 0.250. The van der Waals surface area contributed by atoms with Crippen molar-refractivity contribution in [2.45, 2.75) is 13.0 Å². The quantitative estimate of drug-likeness (QED) is 0.490. The monoisotopic (exact) mass is 337 g/mol. The van der Waals surface area contributed by atoms with E-state index in [0.717, 1.165) is 0 Å². The van der Waals surface area contributed by atoms with Crippen molar-refractivity contribution >= 4 is 29.6 Å². The Hall–Kier alpha value is -2.47. The number of fused-ring (bicyclic) bond motifs is 1. The maximum absolute atomic E-state index is 11.7. The zero-order valence-corrected chi connectivity index (χ0v) is 13.3. The Bertz CT molecular complexity index is 656. The van der Waals surface area contributed by atoms with Crippen molar-refractivity contribution in [3.8, 4) is 11.5 Å². The summed E-state index contributed by atoms with van der Waals surface area (Å²) in [4.78, 5) is 23.3. The van der Waals surface area contributed by atoms with E-state index in [1.807, 2.05) is 0 Å². The molecule has 1 aliphatic heterocycles. The van der Waals surface area contributed by atoms with Gasteiger partial charge in [0.2, 0.25) is 6.79 Å². The van der Waals surface area contributed by atoms with E-state index in [1.165, 1.54) is 25.2 Å². The molecule has 7 heteroatoms. The smallest absolute Gasteiger partial charge is 0.331 e. The van der Waals surface area contributed by atoms with Crippen molar-refractivity contribution < 1.29 is 23.8 Å². The lowest BCUT2D eigenvalue weighted by molar-refractivity contribution is -0.150. The van der Waals surface area contributed by atoms with Gasteiger partial charge in [-0.3, -0.25) is 4.79 Å². The van der Waals surface area contributed by atoms with E-state index in [2.05, 4.69) is 11.9 Å². The van der Waals surface area contributed by atoms with E-state index in [1.54, 1.807) is 12.1 Å². The molecular weight excluding hydrogens is 322 g/mol. The second-order valence-electron chi connectivity index (χ2n) is 4.68. The highest BCUT2D eigenvalue weighted by Crippen LogP contribution is 2.40. The van der Waals surface area contributed by atoms with Crippen LogP contribution < -0.4 is 14.8 Å². The van der Waals surface area contributed by atoms with Crippen molar-refractivity contribution in [1.29, 1.82) is 0 Å². The van der Waals surface area contributed by atoms with Gasteiger partial charge in [-0.2, -0.15) is 0 Å². The molecule has 23 heavy (non-hydrogen) atoms. The Morgan fingerprint density at radius 2 is 2.26 bits per heavy atom. The highest BCUT2D eigenvalue weighted by atomic mass is 35.5. The summed E-state index contributed by atoms with van der Waals surface area (Å²) in [6.45, 7) is 5.40. The van der Waals surface area contributed by atoms with E-state index >= 15 is 0 Å². The van der Waals surface area contributed by atoms with Gasteiger partial charge in [-0.1, -0.05) is 17.7 Å². The molecule has 1 amide bonds. The van der Waals surface area contributed by atoms with Crippen LogP contribution in [-0.4, -0.2) is 31.3 Å². The van der Waals surface area contributed by atoms with Crippen LogP contribution in [0.5, 0.6) is 11.5 Å². The number of ether oxygens (including phenoxy) is 3. The fourth-order valence-corrected chi connectivity index (χ4v) is 2.11. The van der Waals surface area contributed by atoms with Gasteiger partial charge >= 0.3 is 5.97 Å². The zero-order valence-electron chi connectivity index (χ0n) is 12.5. The molecular formula is C16H16ClNO5. The van der Waals surface area contributed by atoms with Crippen LogP contribution in [0.15, 0.2) is 30.9 Å². The summed E-state index contributed by atoms with van der Waals surface area (Å²) < 4.78 is 15.4. The minimum atomic E-state index is -0.896. The molecule has 0 unspecified atom stereocenters. The van der Waals surface area contributed by atoms with Gasteiger partial charge in [0.05, 0.1) is 5.02 Å². The summed E-state index contributed by atoms with van der Waals surface area (Å²) in [5.41, 5.74) is 0.653. The maximum Gasteiger partial charge on any atom is 0.331 e. The Kier molecular flexibility index (Phi) is 5.65. The van der Waals surface area contributed by atoms with E-state index < -0.39 is 18.0 Å². The third-order valence-corrected chi connectivity index (χ3v) is 3.22. The van der Waals surface area contributed by atoms with Crippen LogP contribution in [0.3, 0.4) is 0 Å². The molecule has 0 spiro atoms. The molecule has 0 bridgehead atoms. The van der Waals surface area contributed by atoms with Crippen LogP contribution in [0, 0.1) is 0 Å². The van der Waals surface area contributed by atoms with Crippen molar-refractivity contribution in [2.24, 2.45) is 0 Å². The van der Waals surface area contributed by atoms with Crippen LogP contribution in [0.1, 0.15) is 12.5 Å². The van der Waals surface area contributed by atoms with E-state index in [9.17, 15) is 9.59 Å². The van der Waals surface area contributed by atoms with Gasteiger partial charge in [0.25, 0.3) is 5.91 Å². The molecule has 0 saturated heterocycles. The SMILES string of the molecule is C=CCNC(=O)[C@@H](C)OC(=O)/C=C/c1cc(Cl)c2c(c1)OCO2.